The number of hydrogen-bond acceptors (Lipinski definition) is 10. The number of carbonyl (C=O) groups is 3. The molecule has 69 heavy (non-hydrogen) atoms. The lowest BCUT2D eigenvalue weighted by molar-refractivity contribution is -0.135. The third-order valence-electron chi connectivity index (χ3n) is 15.0. The Hall–Kier alpha value is -6.69. The van der Waals surface area contributed by atoms with Gasteiger partial charge >= 0.3 is 5.69 Å². The molecule has 3 saturated heterocycles. The van der Waals surface area contributed by atoms with Crippen LogP contribution in [0.4, 0.5) is 10.1 Å². The lowest BCUT2D eigenvalue weighted by Crippen LogP contribution is -2.48. The van der Waals surface area contributed by atoms with Crippen molar-refractivity contribution in [1.29, 1.82) is 0 Å². The number of amides is 3. The fraction of sp³-hybridized carbons (Fsp3) is 0.423. The second-order valence-electron chi connectivity index (χ2n) is 19.3. The number of piperidine rings is 2. The molecule has 0 aliphatic carbocycles. The maximum atomic E-state index is 16.0. The predicted octanol–water partition coefficient (Wildman–Crippen LogP) is 4.80. The molecule has 0 radical (unpaired) electrons. The molecule has 360 valence electrons. The highest BCUT2D eigenvalue weighted by atomic mass is 19.1. The van der Waals surface area contributed by atoms with E-state index in [1.54, 1.807) is 41.7 Å². The van der Waals surface area contributed by atoms with Crippen LogP contribution in [0.25, 0.3) is 33.3 Å². The first-order chi connectivity index (χ1) is 33.3. The third-order valence-corrected chi connectivity index (χ3v) is 15.0. The molecule has 0 bridgehead atoms. The van der Waals surface area contributed by atoms with Crippen LogP contribution in [0.5, 0.6) is 0 Å². The monoisotopic (exact) mass is 937 g/mol. The van der Waals surface area contributed by atoms with Crippen LogP contribution < -0.4 is 21.9 Å². The van der Waals surface area contributed by atoms with E-state index in [-0.39, 0.29) is 35.3 Å². The maximum Gasteiger partial charge on any atom is 0.329 e. The molecular formula is C52H60FN11O5. The van der Waals surface area contributed by atoms with Gasteiger partial charge in [-0.25, -0.2) is 14.2 Å². The molecule has 4 aromatic heterocycles. The van der Waals surface area contributed by atoms with Crippen LogP contribution >= 0.6 is 0 Å². The normalized spacial score (nSPS) is 19.1. The number of halogens is 1. The fourth-order valence-corrected chi connectivity index (χ4v) is 11.0. The first-order valence-electron chi connectivity index (χ1n) is 24.2. The number of imidazole rings is 1. The number of nitrogens with one attached hydrogen (secondary N) is 2. The van der Waals surface area contributed by atoms with Gasteiger partial charge in [-0.2, -0.15) is 0 Å². The van der Waals surface area contributed by atoms with Crippen LogP contribution in [-0.4, -0.2) is 127 Å². The topological polar surface area (TPSA) is 155 Å². The number of piperazine rings is 1. The summed E-state index contributed by atoms with van der Waals surface area (Å²) in [7, 11) is 5.50. The van der Waals surface area contributed by atoms with E-state index < -0.39 is 11.9 Å². The Kier molecular flexibility index (Phi) is 12.7. The Labute approximate surface area is 399 Å². The lowest BCUT2D eigenvalue weighted by atomic mass is 9.92. The first-order valence-corrected chi connectivity index (χ1v) is 24.2. The molecule has 2 aromatic carbocycles. The Balaban J connectivity index is 0.701. The molecule has 0 spiro atoms. The number of rotatable bonds is 11. The Morgan fingerprint density at radius 2 is 1.61 bits per heavy atom. The quantitative estimate of drug-likeness (QED) is 0.173. The molecule has 6 aromatic rings. The van der Waals surface area contributed by atoms with Crippen molar-refractivity contribution in [2.75, 3.05) is 71.3 Å². The van der Waals surface area contributed by atoms with Gasteiger partial charge < -0.3 is 19.7 Å². The van der Waals surface area contributed by atoms with Gasteiger partial charge in [-0.05, 0) is 97.7 Å². The van der Waals surface area contributed by atoms with Gasteiger partial charge in [-0.1, -0.05) is 12.1 Å². The van der Waals surface area contributed by atoms with Crippen LogP contribution in [-0.2, 0) is 36.8 Å². The molecule has 8 heterocycles. The Bertz CT molecular complexity index is 3130. The molecule has 3 fully saturated rings. The van der Waals surface area contributed by atoms with E-state index >= 15 is 4.39 Å². The number of likely N-dealkylation sites (tertiary alicyclic amines) is 1. The lowest BCUT2D eigenvalue weighted by Gasteiger charge is -2.39. The highest BCUT2D eigenvalue weighted by Crippen LogP contribution is 2.32. The number of fused-ring (bicyclic) bond motifs is 2. The van der Waals surface area contributed by atoms with E-state index in [2.05, 4.69) is 47.0 Å². The van der Waals surface area contributed by atoms with Gasteiger partial charge in [0.15, 0.2) is 0 Å². The van der Waals surface area contributed by atoms with Crippen LogP contribution in [0.2, 0.25) is 0 Å². The molecular weight excluding hydrogens is 878 g/mol. The van der Waals surface area contributed by atoms with E-state index in [0.717, 1.165) is 109 Å². The SMILES string of the molecule is CNc1ccn(-c2ccnc3c2cc(CN2CC=C(c4c(C)cc(C(=O)N5CCC(CN6CCN(Cc7ccc8c(c7)n(C)c(=O)n8C7CCC(=O)NC7=O)CC6)CC5)cc4F)CC2)n3C)c(=O)c1. The molecule has 10 rings (SSSR count). The van der Waals surface area contributed by atoms with E-state index in [0.29, 0.717) is 61.6 Å². The summed E-state index contributed by atoms with van der Waals surface area (Å²) in [6, 6.07) is 16.0. The average Bonchev–Trinajstić information content (AvgIpc) is 3.79. The highest BCUT2D eigenvalue weighted by molar-refractivity contribution is 6.00. The van der Waals surface area contributed by atoms with Crippen molar-refractivity contribution in [1.82, 2.24) is 48.2 Å². The maximum absolute atomic E-state index is 16.0. The Morgan fingerprint density at radius 3 is 2.32 bits per heavy atom. The zero-order valence-corrected chi connectivity index (χ0v) is 39.8. The number of aromatic nitrogens is 5. The van der Waals surface area contributed by atoms with E-state index in [4.69, 9.17) is 0 Å². The van der Waals surface area contributed by atoms with Crippen molar-refractivity contribution < 1.29 is 18.8 Å². The molecule has 1 atom stereocenters. The molecule has 3 amide bonds. The summed E-state index contributed by atoms with van der Waals surface area (Å²) >= 11 is 0. The molecule has 0 saturated carbocycles. The van der Waals surface area contributed by atoms with Crippen molar-refractivity contribution in [3.05, 3.63) is 128 Å². The molecule has 4 aliphatic heterocycles. The predicted molar refractivity (Wildman–Crippen MR) is 264 cm³/mol. The molecule has 4 aliphatic rings. The second-order valence-corrected chi connectivity index (χ2v) is 19.3. The van der Waals surface area contributed by atoms with E-state index in [9.17, 15) is 24.0 Å². The van der Waals surface area contributed by atoms with Gasteiger partial charge in [0, 0.05) is 146 Å². The van der Waals surface area contributed by atoms with Gasteiger partial charge in [0.1, 0.15) is 17.5 Å². The minimum atomic E-state index is -0.703. The number of benzene rings is 2. The minimum Gasteiger partial charge on any atom is -0.388 e. The standard InChI is InChI=1S/C52H60FN11O5/c1-33-25-37(27-41(53)48(33)36-12-16-59(17-13-36)32-39-29-40-42(9-15-55-49(40)57(39)3)63-20-14-38(54-2)28-47(63)66)51(68)62-18-10-34(11-19-62)30-60-21-23-61(24-22-60)31-35-5-6-43-45(26-35)58(4)52(69)64(43)44-7-8-46(65)56-50(44)67/h5-6,9,12,14-15,20,25-29,34,44,54H,7-8,10-11,13,16-19,21-24,30-32H2,1-4H3,(H,56,65,67). The third kappa shape index (κ3) is 9.06. The van der Waals surface area contributed by atoms with Gasteiger partial charge in [0.2, 0.25) is 11.8 Å². The summed E-state index contributed by atoms with van der Waals surface area (Å²) in [6.45, 7) is 10.8. The zero-order valence-electron chi connectivity index (χ0n) is 39.8. The molecule has 2 N–H and O–H groups in total. The second kappa shape index (κ2) is 19.0. The summed E-state index contributed by atoms with van der Waals surface area (Å²) in [5.41, 5.74) is 8.29. The van der Waals surface area contributed by atoms with Crippen molar-refractivity contribution in [3.63, 3.8) is 0 Å². The van der Waals surface area contributed by atoms with Gasteiger partial charge in [-0.15, -0.1) is 0 Å². The summed E-state index contributed by atoms with van der Waals surface area (Å²) in [5.74, 6) is -0.725. The van der Waals surface area contributed by atoms with Crippen LogP contribution in [0.1, 0.15) is 70.9 Å². The summed E-state index contributed by atoms with van der Waals surface area (Å²) in [6.07, 6.45) is 8.63. The minimum absolute atomic E-state index is 0.113. The van der Waals surface area contributed by atoms with Crippen LogP contribution in [0.3, 0.4) is 0 Å². The molecule has 17 heteroatoms. The smallest absolute Gasteiger partial charge is 0.329 e. The largest absolute Gasteiger partial charge is 0.388 e. The molecule has 16 nitrogen and oxygen atoms in total. The Morgan fingerprint density at radius 1 is 0.826 bits per heavy atom. The van der Waals surface area contributed by atoms with Gasteiger partial charge in [-0.3, -0.25) is 48.0 Å². The first kappa shape index (κ1) is 46.1. The van der Waals surface area contributed by atoms with E-state index in [1.807, 2.05) is 55.3 Å². The van der Waals surface area contributed by atoms with Crippen molar-refractivity contribution in [2.45, 2.75) is 58.2 Å². The van der Waals surface area contributed by atoms with E-state index in [1.165, 1.54) is 10.6 Å². The zero-order chi connectivity index (χ0) is 48.1. The number of hydrogen-bond donors (Lipinski definition) is 2. The number of imide groups is 1. The van der Waals surface area contributed by atoms with Crippen molar-refractivity contribution >= 4 is 51.0 Å². The van der Waals surface area contributed by atoms with Crippen molar-refractivity contribution in [2.24, 2.45) is 20.0 Å². The highest BCUT2D eigenvalue weighted by Gasteiger charge is 2.32. The van der Waals surface area contributed by atoms with Crippen LogP contribution in [0, 0.1) is 18.7 Å². The van der Waals surface area contributed by atoms with Gasteiger partial charge in [0.25, 0.3) is 11.5 Å². The van der Waals surface area contributed by atoms with Gasteiger partial charge in [0.05, 0.1) is 16.7 Å². The van der Waals surface area contributed by atoms with Crippen molar-refractivity contribution in [3.8, 4) is 5.69 Å². The summed E-state index contributed by atoms with van der Waals surface area (Å²) in [4.78, 5) is 78.1. The number of carbonyl (C=O) groups excluding carboxylic acids is 3. The van der Waals surface area contributed by atoms with Crippen LogP contribution in [0.15, 0.2) is 82.7 Å². The summed E-state index contributed by atoms with van der Waals surface area (Å²) < 4.78 is 22.8. The number of aryl methyl sites for hydroxylation is 3. The fourth-order valence-electron chi connectivity index (χ4n) is 11.0. The number of nitrogens with zero attached hydrogens (tertiary/aromatic N) is 9. The number of pyridine rings is 2. The number of anilines is 1. The average molecular weight is 938 g/mol. The molecule has 1 unspecified atom stereocenters. The summed E-state index contributed by atoms with van der Waals surface area (Å²) in [5, 5.41) is 6.28.